The molecule has 8 heteroatoms. The fourth-order valence-electron chi connectivity index (χ4n) is 1.49. The molecule has 0 bridgehead atoms. The maximum absolute atomic E-state index is 11.5. The van der Waals surface area contributed by atoms with E-state index in [1.54, 1.807) is 28.6 Å². The van der Waals surface area contributed by atoms with Crippen LogP contribution in [0.5, 0.6) is 0 Å². The standard InChI is InChI=1S/C10H14N6O2/c1-2-18-10(17)8-9(11)15(7-12-8)5-6-16-4-3-13-14-16/h3-4,7H,2,5-6,11H2,1H3. The van der Waals surface area contributed by atoms with E-state index in [0.717, 1.165) is 0 Å². The SMILES string of the molecule is CCOC(=O)c1ncn(CCn2ccnn2)c1N. The third-order valence-corrected chi connectivity index (χ3v) is 2.39. The molecule has 0 aliphatic heterocycles. The van der Waals surface area contributed by atoms with Crippen molar-refractivity contribution < 1.29 is 9.53 Å². The summed E-state index contributed by atoms with van der Waals surface area (Å²) >= 11 is 0. The van der Waals surface area contributed by atoms with Crippen LogP contribution in [0, 0.1) is 0 Å². The van der Waals surface area contributed by atoms with Gasteiger partial charge in [-0.1, -0.05) is 5.21 Å². The summed E-state index contributed by atoms with van der Waals surface area (Å²) in [7, 11) is 0. The second kappa shape index (κ2) is 5.30. The summed E-state index contributed by atoms with van der Waals surface area (Å²) < 4.78 is 8.19. The number of nitrogens with zero attached hydrogens (tertiary/aromatic N) is 5. The molecule has 0 unspecified atom stereocenters. The molecule has 0 aliphatic rings. The fraction of sp³-hybridized carbons (Fsp3) is 0.400. The Hall–Kier alpha value is -2.38. The molecule has 0 radical (unpaired) electrons. The van der Waals surface area contributed by atoms with Crippen LogP contribution in [0.2, 0.25) is 0 Å². The highest BCUT2D eigenvalue weighted by molar-refractivity contribution is 5.92. The minimum absolute atomic E-state index is 0.149. The molecule has 2 aromatic rings. The number of carbonyl (C=O) groups excluding carboxylic acids is 1. The summed E-state index contributed by atoms with van der Waals surface area (Å²) in [4.78, 5) is 15.5. The Morgan fingerprint density at radius 2 is 2.33 bits per heavy atom. The van der Waals surface area contributed by atoms with E-state index in [0.29, 0.717) is 25.5 Å². The van der Waals surface area contributed by atoms with E-state index in [-0.39, 0.29) is 5.69 Å². The van der Waals surface area contributed by atoms with Crippen LogP contribution in [-0.2, 0) is 17.8 Å². The van der Waals surface area contributed by atoms with E-state index < -0.39 is 5.97 Å². The molecule has 8 nitrogen and oxygen atoms in total. The van der Waals surface area contributed by atoms with Gasteiger partial charge in [0.2, 0.25) is 0 Å². The lowest BCUT2D eigenvalue weighted by molar-refractivity contribution is 0.0521. The van der Waals surface area contributed by atoms with Gasteiger partial charge in [0.1, 0.15) is 5.82 Å². The molecule has 0 aromatic carbocycles. The van der Waals surface area contributed by atoms with Crippen LogP contribution in [0.15, 0.2) is 18.7 Å². The van der Waals surface area contributed by atoms with Crippen LogP contribution in [0.4, 0.5) is 5.82 Å². The van der Waals surface area contributed by atoms with Crippen LogP contribution >= 0.6 is 0 Å². The molecular weight excluding hydrogens is 236 g/mol. The third kappa shape index (κ3) is 2.47. The molecule has 0 saturated heterocycles. The number of imidazole rings is 1. The number of hydrogen-bond donors (Lipinski definition) is 1. The first-order chi connectivity index (χ1) is 8.72. The number of aryl methyl sites for hydroxylation is 2. The van der Waals surface area contributed by atoms with Gasteiger partial charge in [0.25, 0.3) is 0 Å². The number of hydrogen-bond acceptors (Lipinski definition) is 6. The van der Waals surface area contributed by atoms with Crippen molar-refractivity contribution in [1.82, 2.24) is 24.5 Å². The van der Waals surface area contributed by atoms with Crippen molar-refractivity contribution in [2.75, 3.05) is 12.3 Å². The molecular formula is C10H14N6O2. The Morgan fingerprint density at radius 3 is 3.00 bits per heavy atom. The highest BCUT2D eigenvalue weighted by Gasteiger charge is 2.16. The molecule has 0 atom stereocenters. The number of esters is 1. The summed E-state index contributed by atoms with van der Waals surface area (Å²) in [5.41, 5.74) is 5.98. The average Bonchev–Trinajstić information content (AvgIpc) is 2.96. The Kier molecular flexibility index (Phi) is 3.56. The van der Waals surface area contributed by atoms with Crippen LogP contribution in [0.1, 0.15) is 17.4 Å². The topological polar surface area (TPSA) is 101 Å². The van der Waals surface area contributed by atoms with E-state index in [2.05, 4.69) is 15.3 Å². The Balaban J connectivity index is 2.04. The second-order valence-corrected chi connectivity index (χ2v) is 3.56. The summed E-state index contributed by atoms with van der Waals surface area (Å²) in [6.45, 7) is 3.18. The average molecular weight is 250 g/mol. The highest BCUT2D eigenvalue weighted by atomic mass is 16.5. The van der Waals surface area contributed by atoms with Gasteiger partial charge < -0.3 is 15.0 Å². The van der Waals surface area contributed by atoms with E-state index >= 15 is 0 Å². The molecule has 0 fully saturated rings. The predicted octanol–water partition coefficient (Wildman–Crippen LogP) is -0.0663. The summed E-state index contributed by atoms with van der Waals surface area (Å²) in [6.07, 6.45) is 4.86. The molecule has 0 spiro atoms. The third-order valence-electron chi connectivity index (χ3n) is 2.39. The van der Waals surface area contributed by atoms with Crippen molar-refractivity contribution in [3.05, 3.63) is 24.4 Å². The zero-order valence-corrected chi connectivity index (χ0v) is 9.98. The van der Waals surface area contributed by atoms with Gasteiger partial charge in [0, 0.05) is 12.7 Å². The van der Waals surface area contributed by atoms with Gasteiger partial charge in [-0.2, -0.15) is 0 Å². The monoisotopic (exact) mass is 250 g/mol. The lowest BCUT2D eigenvalue weighted by atomic mass is 10.4. The van der Waals surface area contributed by atoms with Gasteiger partial charge in [-0.3, -0.25) is 4.68 Å². The minimum Gasteiger partial charge on any atom is -0.461 e. The maximum Gasteiger partial charge on any atom is 0.360 e. The van der Waals surface area contributed by atoms with E-state index in [1.807, 2.05) is 0 Å². The van der Waals surface area contributed by atoms with Crippen molar-refractivity contribution in [2.45, 2.75) is 20.0 Å². The Morgan fingerprint density at radius 1 is 1.50 bits per heavy atom. The summed E-state index contributed by atoms with van der Waals surface area (Å²) in [6, 6.07) is 0. The number of anilines is 1. The normalized spacial score (nSPS) is 10.5. The lowest BCUT2D eigenvalue weighted by Crippen LogP contribution is -2.12. The molecule has 96 valence electrons. The van der Waals surface area contributed by atoms with Gasteiger partial charge in [-0.25, -0.2) is 9.78 Å². The first-order valence-electron chi connectivity index (χ1n) is 5.54. The van der Waals surface area contributed by atoms with Crippen LogP contribution < -0.4 is 5.73 Å². The number of ether oxygens (including phenoxy) is 1. The minimum atomic E-state index is -0.505. The Labute approximate surface area is 103 Å². The van der Waals surface area contributed by atoms with Gasteiger partial charge in [-0.05, 0) is 6.92 Å². The smallest absolute Gasteiger partial charge is 0.360 e. The number of nitrogens with two attached hydrogens (primary N) is 1. The van der Waals surface area contributed by atoms with Crippen molar-refractivity contribution in [2.24, 2.45) is 0 Å². The molecule has 2 heterocycles. The van der Waals surface area contributed by atoms with Crippen molar-refractivity contribution >= 4 is 11.8 Å². The molecule has 2 aromatic heterocycles. The molecule has 2 N–H and O–H groups in total. The van der Waals surface area contributed by atoms with Crippen LogP contribution in [0.25, 0.3) is 0 Å². The largest absolute Gasteiger partial charge is 0.461 e. The molecule has 0 saturated carbocycles. The predicted molar refractivity (Wildman–Crippen MR) is 62.6 cm³/mol. The number of nitrogen functional groups attached to an aromatic ring is 1. The first kappa shape index (κ1) is 12.1. The zero-order valence-electron chi connectivity index (χ0n) is 9.98. The maximum atomic E-state index is 11.5. The highest BCUT2D eigenvalue weighted by Crippen LogP contribution is 2.11. The molecule has 2 rings (SSSR count). The number of rotatable bonds is 5. The van der Waals surface area contributed by atoms with Gasteiger partial charge in [0.05, 0.1) is 25.7 Å². The fourth-order valence-corrected chi connectivity index (χ4v) is 1.49. The van der Waals surface area contributed by atoms with Crippen molar-refractivity contribution in [3.8, 4) is 0 Å². The van der Waals surface area contributed by atoms with Crippen LogP contribution in [-0.4, -0.2) is 37.1 Å². The molecule has 18 heavy (non-hydrogen) atoms. The zero-order chi connectivity index (χ0) is 13.0. The molecule has 0 amide bonds. The van der Waals surface area contributed by atoms with Gasteiger partial charge >= 0.3 is 5.97 Å². The van der Waals surface area contributed by atoms with Gasteiger partial charge in [-0.15, -0.1) is 5.10 Å². The van der Waals surface area contributed by atoms with E-state index in [1.165, 1.54) is 6.33 Å². The summed E-state index contributed by atoms with van der Waals surface area (Å²) in [5, 5.41) is 7.53. The molecule has 0 aliphatic carbocycles. The summed E-state index contributed by atoms with van der Waals surface area (Å²) in [5.74, 6) is -0.205. The number of aromatic nitrogens is 5. The lowest BCUT2D eigenvalue weighted by Gasteiger charge is -2.05. The second-order valence-electron chi connectivity index (χ2n) is 3.56. The Bertz CT molecular complexity index is 518. The van der Waals surface area contributed by atoms with E-state index in [9.17, 15) is 4.79 Å². The van der Waals surface area contributed by atoms with Crippen molar-refractivity contribution in [3.63, 3.8) is 0 Å². The van der Waals surface area contributed by atoms with E-state index in [4.69, 9.17) is 10.5 Å². The van der Waals surface area contributed by atoms with Crippen LogP contribution in [0.3, 0.4) is 0 Å². The quantitative estimate of drug-likeness (QED) is 0.746. The van der Waals surface area contributed by atoms with Crippen molar-refractivity contribution in [1.29, 1.82) is 0 Å². The number of carbonyl (C=O) groups is 1. The van der Waals surface area contributed by atoms with Gasteiger partial charge in [0.15, 0.2) is 5.69 Å². The first-order valence-corrected chi connectivity index (χ1v) is 5.54.